The first-order valence-corrected chi connectivity index (χ1v) is 30.1. The third kappa shape index (κ3) is 5.32. The summed E-state index contributed by atoms with van der Waals surface area (Å²) >= 11 is -3.79. The summed E-state index contributed by atoms with van der Waals surface area (Å²) in [5.74, 6) is 0. The second-order valence-corrected chi connectivity index (χ2v) is 38.5. The molecule has 0 aliphatic rings. The van der Waals surface area contributed by atoms with Crippen molar-refractivity contribution in [2.45, 2.75) is 29.6 Å². The van der Waals surface area contributed by atoms with E-state index in [0.717, 1.165) is 0 Å². The van der Waals surface area contributed by atoms with Crippen LogP contribution in [0.3, 0.4) is 0 Å². The number of hydrogen-bond donors (Lipinski definition) is 0. The van der Waals surface area contributed by atoms with Crippen LogP contribution in [0.25, 0.3) is 21.5 Å². The number of fused-ring (bicyclic) bond motifs is 2. The second-order valence-electron chi connectivity index (χ2n) is 9.59. The predicted molar refractivity (Wildman–Crippen MR) is 134 cm³/mol. The van der Waals surface area contributed by atoms with Crippen LogP contribution in [-0.2, 0) is 0 Å². The molecule has 0 unspecified atom stereocenters. The van der Waals surface area contributed by atoms with Crippen molar-refractivity contribution >= 4 is 65.5 Å². The SMILES string of the molecule is [CH3][Sn]([CH3])([CH3])[c]1ccc2ccccc2c1.[CH3][Sn]([CH3])([CH3])[c]1cccc2ccccc12. The van der Waals surface area contributed by atoms with Crippen molar-refractivity contribution in [1.82, 2.24) is 0 Å². The van der Waals surface area contributed by atoms with E-state index in [2.05, 4.69) is 115 Å². The maximum atomic E-state index is 2.47. The normalized spacial score (nSPS) is 11.9. The molecule has 0 radical (unpaired) electrons. The molecular weight excluding hydrogens is 550 g/mol. The maximum absolute atomic E-state index is 2.47. The van der Waals surface area contributed by atoms with Gasteiger partial charge in [-0.05, 0) is 0 Å². The van der Waals surface area contributed by atoms with Crippen molar-refractivity contribution in [3.63, 3.8) is 0 Å². The average molecular weight is 582 g/mol. The van der Waals surface area contributed by atoms with E-state index < -0.39 is 36.8 Å². The molecule has 28 heavy (non-hydrogen) atoms. The number of benzene rings is 4. The van der Waals surface area contributed by atoms with E-state index >= 15 is 0 Å². The molecule has 4 aromatic rings. The Labute approximate surface area is 178 Å². The summed E-state index contributed by atoms with van der Waals surface area (Å²) in [6.45, 7) is 0. The summed E-state index contributed by atoms with van der Waals surface area (Å²) in [6, 6.07) is 31.0. The summed E-state index contributed by atoms with van der Waals surface area (Å²) in [5, 5.41) is 5.60. The van der Waals surface area contributed by atoms with Crippen LogP contribution in [-0.4, -0.2) is 36.8 Å². The first kappa shape index (κ1) is 21.7. The molecule has 4 aromatic carbocycles. The topological polar surface area (TPSA) is 0 Å². The molecule has 0 aliphatic carbocycles. The van der Waals surface area contributed by atoms with Crippen LogP contribution in [0.15, 0.2) is 84.9 Å². The molecule has 0 saturated heterocycles. The molecule has 2 heteroatoms. The molecule has 0 spiro atoms. The van der Waals surface area contributed by atoms with Gasteiger partial charge in [0, 0.05) is 0 Å². The zero-order valence-electron chi connectivity index (χ0n) is 18.1. The molecular formula is C26H32Sn2. The third-order valence-electron chi connectivity index (χ3n) is 5.21. The van der Waals surface area contributed by atoms with Crippen LogP contribution in [0.5, 0.6) is 0 Å². The Balaban J connectivity index is 0.000000161. The summed E-state index contributed by atoms with van der Waals surface area (Å²) in [5.41, 5.74) is 0. The standard InChI is InChI=1S/2C10H7.6CH3.2Sn/c2*1-2-6-10-8-4-3-7-9(10)5-1;;;;;;;;/h1-3,5-8H;1-7H;6*1H3;;. The quantitative estimate of drug-likeness (QED) is 0.229. The van der Waals surface area contributed by atoms with Gasteiger partial charge in [0.1, 0.15) is 0 Å². The van der Waals surface area contributed by atoms with Gasteiger partial charge in [-0.15, -0.1) is 0 Å². The number of rotatable bonds is 2. The molecule has 0 aliphatic heterocycles. The fourth-order valence-corrected chi connectivity index (χ4v) is 11.5. The van der Waals surface area contributed by atoms with E-state index in [0.29, 0.717) is 0 Å². The van der Waals surface area contributed by atoms with Gasteiger partial charge in [0.2, 0.25) is 0 Å². The van der Waals surface area contributed by atoms with Gasteiger partial charge in [0.15, 0.2) is 0 Å². The first-order valence-electron chi connectivity index (χ1n) is 10.1. The van der Waals surface area contributed by atoms with Gasteiger partial charge in [-0.25, -0.2) is 0 Å². The molecule has 0 heterocycles. The van der Waals surface area contributed by atoms with Crippen LogP contribution < -0.4 is 7.16 Å². The van der Waals surface area contributed by atoms with Gasteiger partial charge in [-0.2, -0.15) is 0 Å². The fraction of sp³-hybridized carbons (Fsp3) is 0.231. The minimum absolute atomic E-state index is 1.35. The Morgan fingerprint density at radius 3 is 1.68 bits per heavy atom. The Morgan fingerprint density at radius 2 is 1.04 bits per heavy atom. The molecule has 0 bridgehead atoms. The zero-order valence-corrected chi connectivity index (χ0v) is 23.8. The fourth-order valence-electron chi connectivity index (χ4n) is 3.54. The molecule has 0 saturated carbocycles. The Kier molecular flexibility index (Phi) is 6.81. The molecule has 0 nitrogen and oxygen atoms in total. The molecule has 144 valence electrons. The van der Waals surface area contributed by atoms with Crippen LogP contribution in [0.4, 0.5) is 0 Å². The predicted octanol–water partition coefficient (Wildman–Crippen LogP) is 6.77. The summed E-state index contributed by atoms with van der Waals surface area (Å²) in [6.07, 6.45) is 0. The van der Waals surface area contributed by atoms with E-state index in [1.54, 1.807) is 7.16 Å². The van der Waals surface area contributed by atoms with Crippen molar-refractivity contribution in [1.29, 1.82) is 0 Å². The minimum atomic E-state index is -1.93. The van der Waals surface area contributed by atoms with Crippen LogP contribution in [0, 0.1) is 0 Å². The van der Waals surface area contributed by atoms with Crippen molar-refractivity contribution in [3.8, 4) is 0 Å². The van der Waals surface area contributed by atoms with E-state index in [4.69, 9.17) is 0 Å². The second kappa shape index (κ2) is 8.79. The van der Waals surface area contributed by atoms with Gasteiger partial charge < -0.3 is 0 Å². The molecule has 0 fully saturated rings. The Morgan fingerprint density at radius 1 is 0.464 bits per heavy atom. The van der Waals surface area contributed by atoms with Gasteiger partial charge in [-0.3, -0.25) is 0 Å². The van der Waals surface area contributed by atoms with Gasteiger partial charge in [-0.1, -0.05) is 0 Å². The number of hydrogen-bond acceptors (Lipinski definition) is 0. The molecule has 4 rings (SSSR count). The van der Waals surface area contributed by atoms with Crippen molar-refractivity contribution < 1.29 is 0 Å². The van der Waals surface area contributed by atoms with Crippen LogP contribution >= 0.6 is 0 Å². The van der Waals surface area contributed by atoms with Crippen LogP contribution in [0.2, 0.25) is 29.6 Å². The Bertz CT molecular complexity index is 1070. The van der Waals surface area contributed by atoms with Crippen molar-refractivity contribution in [3.05, 3.63) is 84.9 Å². The summed E-state index contributed by atoms with van der Waals surface area (Å²) in [7, 11) is 0. The Hall–Kier alpha value is -1.00. The van der Waals surface area contributed by atoms with E-state index in [1.807, 2.05) is 0 Å². The monoisotopic (exact) mass is 584 g/mol. The van der Waals surface area contributed by atoms with E-state index in [-0.39, 0.29) is 0 Å². The summed E-state index contributed by atoms with van der Waals surface area (Å²) < 4.78 is 3.25. The first-order chi connectivity index (χ1) is 13.2. The van der Waals surface area contributed by atoms with Gasteiger partial charge in [0.25, 0.3) is 0 Å². The van der Waals surface area contributed by atoms with Crippen LogP contribution in [0.1, 0.15) is 0 Å². The van der Waals surface area contributed by atoms with E-state index in [9.17, 15) is 0 Å². The zero-order chi connectivity index (χ0) is 20.4. The molecule has 0 N–H and O–H groups in total. The third-order valence-corrected chi connectivity index (χ3v) is 16.9. The van der Waals surface area contributed by atoms with Crippen molar-refractivity contribution in [2.24, 2.45) is 0 Å². The van der Waals surface area contributed by atoms with Gasteiger partial charge >= 0.3 is 180 Å². The summed E-state index contributed by atoms with van der Waals surface area (Å²) in [4.78, 5) is 14.8. The molecule has 0 aromatic heterocycles. The average Bonchev–Trinajstić information content (AvgIpc) is 2.66. The molecule has 0 atom stereocenters. The van der Waals surface area contributed by atoms with E-state index in [1.165, 1.54) is 21.5 Å². The molecule has 0 amide bonds. The van der Waals surface area contributed by atoms with Gasteiger partial charge in [0.05, 0.1) is 0 Å². The van der Waals surface area contributed by atoms with Crippen molar-refractivity contribution in [2.75, 3.05) is 0 Å².